The van der Waals surface area contributed by atoms with Gasteiger partial charge in [0, 0.05) is 31.1 Å². The van der Waals surface area contributed by atoms with Gasteiger partial charge in [0.2, 0.25) is 0 Å². The Kier molecular flexibility index (Phi) is 5.58. The van der Waals surface area contributed by atoms with Gasteiger partial charge in [-0.3, -0.25) is 4.90 Å². The van der Waals surface area contributed by atoms with Crippen LogP contribution < -0.4 is 5.32 Å². The fourth-order valence-corrected chi connectivity index (χ4v) is 3.96. The number of hydrogen-bond donors (Lipinski definition) is 1. The van der Waals surface area contributed by atoms with E-state index in [9.17, 15) is 13.2 Å². The lowest BCUT2D eigenvalue weighted by molar-refractivity contribution is -0.137. The Hall–Kier alpha value is -0.290. The predicted molar refractivity (Wildman–Crippen MR) is 79.3 cm³/mol. The standard InChI is InChI=1S/C16H29F3N2/c1-3-13(2)14-11-20-15(7-4-5-8-15)12-21(14)10-6-9-16(17,18)19/h13-14,20H,3-12H2,1-2H3. The monoisotopic (exact) mass is 306 g/mol. The molecule has 1 aliphatic heterocycles. The number of alkyl halides is 3. The van der Waals surface area contributed by atoms with Crippen molar-refractivity contribution in [2.45, 2.75) is 76.6 Å². The van der Waals surface area contributed by atoms with Gasteiger partial charge < -0.3 is 5.32 Å². The maximum absolute atomic E-state index is 12.4. The fraction of sp³-hybridized carbons (Fsp3) is 1.00. The van der Waals surface area contributed by atoms with E-state index in [0.29, 0.717) is 18.5 Å². The highest BCUT2D eigenvalue weighted by Gasteiger charge is 2.42. The summed E-state index contributed by atoms with van der Waals surface area (Å²) < 4.78 is 37.2. The van der Waals surface area contributed by atoms with Crippen LogP contribution in [0.25, 0.3) is 0 Å². The summed E-state index contributed by atoms with van der Waals surface area (Å²) in [6.07, 6.45) is 1.48. The smallest absolute Gasteiger partial charge is 0.308 e. The van der Waals surface area contributed by atoms with Gasteiger partial charge in [0.15, 0.2) is 0 Å². The number of nitrogens with zero attached hydrogens (tertiary/aromatic N) is 1. The summed E-state index contributed by atoms with van der Waals surface area (Å²) >= 11 is 0. The molecule has 0 bridgehead atoms. The van der Waals surface area contributed by atoms with E-state index in [1.165, 1.54) is 25.7 Å². The number of hydrogen-bond acceptors (Lipinski definition) is 2. The van der Waals surface area contributed by atoms with Crippen molar-refractivity contribution in [1.29, 1.82) is 0 Å². The zero-order valence-electron chi connectivity index (χ0n) is 13.3. The van der Waals surface area contributed by atoms with Crippen molar-refractivity contribution >= 4 is 0 Å². The van der Waals surface area contributed by atoms with E-state index in [4.69, 9.17) is 0 Å². The van der Waals surface area contributed by atoms with Crippen LogP contribution in [0.2, 0.25) is 0 Å². The lowest BCUT2D eigenvalue weighted by Gasteiger charge is -2.48. The van der Waals surface area contributed by atoms with Crippen LogP contribution in [0.5, 0.6) is 0 Å². The van der Waals surface area contributed by atoms with Crippen molar-refractivity contribution in [2.75, 3.05) is 19.6 Å². The van der Waals surface area contributed by atoms with E-state index in [1.807, 2.05) is 0 Å². The highest BCUT2D eigenvalue weighted by atomic mass is 19.4. The molecule has 2 unspecified atom stereocenters. The molecule has 1 N–H and O–H groups in total. The second-order valence-electron chi connectivity index (χ2n) is 7.01. The maximum Gasteiger partial charge on any atom is 0.389 e. The molecule has 0 aromatic carbocycles. The third kappa shape index (κ3) is 4.59. The van der Waals surface area contributed by atoms with Crippen molar-refractivity contribution < 1.29 is 13.2 Å². The lowest BCUT2D eigenvalue weighted by Crippen LogP contribution is -2.64. The first-order valence-corrected chi connectivity index (χ1v) is 8.41. The number of halogens is 3. The van der Waals surface area contributed by atoms with Crippen LogP contribution in [0.4, 0.5) is 13.2 Å². The molecule has 0 amide bonds. The van der Waals surface area contributed by atoms with Crippen molar-refractivity contribution in [3.05, 3.63) is 0 Å². The quantitative estimate of drug-likeness (QED) is 0.827. The van der Waals surface area contributed by atoms with E-state index < -0.39 is 12.6 Å². The molecule has 124 valence electrons. The summed E-state index contributed by atoms with van der Waals surface area (Å²) in [5.41, 5.74) is 0.183. The Bertz CT molecular complexity index is 324. The number of piperazine rings is 1. The summed E-state index contributed by atoms with van der Waals surface area (Å²) in [4.78, 5) is 2.35. The molecule has 21 heavy (non-hydrogen) atoms. The van der Waals surface area contributed by atoms with Gasteiger partial charge in [-0.15, -0.1) is 0 Å². The number of nitrogens with one attached hydrogen (secondary N) is 1. The van der Waals surface area contributed by atoms with Gasteiger partial charge in [-0.05, 0) is 31.7 Å². The largest absolute Gasteiger partial charge is 0.389 e. The third-order valence-electron chi connectivity index (χ3n) is 5.43. The Labute approximate surface area is 126 Å². The van der Waals surface area contributed by atoms with Gasteiger partial charge >= 0.3 is 6.18 Å². The van der Waals surface area contributed by atoms with Gasteiger partial charge in [-0.1, -0.05) is 33.1 Å². The average Bonchev–Trinajstić information content (AvgIpc) is 2.85. The topological polar surface area (TPSA) is 15.3 Å². The van der Waals surface area contributed by atoms with E-state index in [2.05, 4.69) is 24.1 Å². The molecule has 1 saturated heterocycles. The van der Waals surface area contributed by atoms with E-state index in [1.54, 1.807) is 0 Å². The first-order valence-electron chi connectivity index (χ1n) is 8.41. The SMILES string of the molecule is CCC(C)C1CNC2(CCCC2)CN1CCCC(F)(F)F. The van der Waals surface area contributed by atoms with Crippen LogP contribution in [0, 0.1) is 5.92 Å². The first kappa shape index (κ1) is 17.1. The fourth-order valence-electron chi connectivity index (χ4n) is 3.96. The van der Waals surface area contributed by atoms with Crippen LogP contribution in [0.3, 0.4) is 0 Å². The van der Waals surface area contributed by atoms with Crippen molar-refractivity contribution in [3.63, 3.8) is 0 Å². The summed E-state index contributed by atoms with van der Waals surface area (Å²) in [6.45, 7) is 6.83. The van der Waals surface area contributed by atoms with Crippen LogP contribution in [0.15, 0.2) is 0 Å². The van der Waals surface area contributed by atoms with E-state index in [0.717, 1.165) is 19.5 Å². The molecule has 2 rings (SSSR count). The molecule has 1 aliphatic carbocycles. The van der Waals surface area contributed by atoms with Crippen molar-refractivity contribution in [1.82, 2.24) is 10.2 Å². The second kappa shape index (κ2) is 6.86. The molecule has 1 saturated carbocycles. The normalized spacial score (nSPS) is 28.1. The zero-order valence-corrected chi connectivity index (χ0v) is 13.3. The highest BCUT2D eigenvalue weighted by Crippen LogP contribution is 2.35. The molecule has 2 fully saturated rings. The van der Waals surface area contributed by atoms with Crippen molar-refractivity contribution in [3.8, 4) is 0 Å². The Balaban J connectivity index is 1.95. The highest BCUT2D eigenvalue weighted by molar-refractivity contribution is 5.01. The van der Waals surface area contributed by atoms with Crippen LogP contribution in [-0.2, 0) is 0 Å². The first-order chi connectivity index (χ1) is 9.85. The second-order valence-corrected chi connectivity index (χ2v) is 7.01. The molecule has 2 nitrogen and oxygen atoms in total. The van der Waals surface area contributed by atoms with E-state index in [-0.39, 0.29) is 12.0 Å². The molecule has 2 aliphatic rings. The minimum absolute atomic E-state index is 0.183. The molecule has 5 heteroatoms. The summed E-state index contributed by atoms with van der Waals surface area (Å²) in [7, 11) is 0. The van der Waals surface area contributed by atoms with Crippen LogP contribution in [0.1, 0.15) is 58.8 Å². The average molecular weight is 306 g/mol. The lowest BCUT2D eigenvalue weighted by atomic mass is 9.87. The molecular formula is C16H29F3N2. The Morgan fingerprint density at radius 2 is 1.95 bits per heavy atom. The minimum atomic E-state index is -4.02. The summed E-state index contributed by atoms with van der Waals surface area (Å²) in [5, 5.41) is 3.73. The van der Waals surface area contributed by atoms with E-state index >= 15 is 0 Å². The van der Waals surface area contributed by atoms with Crippen molar-refractivity contribution in [2.24, 2.45) is 5.92 Å². The molecule has 1 spiro atoms. The summed E-state index contributed by atoms with van der Waals surface area (Å²) in [5.74, 6) is 0.530. The zero-order chi connectivity index (χ0) is 15.5. The predicted octanol–water partition coefficient (Wildman–Crippen LogP) is 3.96. The van der Waals surface area contributed by atoms with Crippen LogP contribution in [-0.4, -0.2) is 42.3 Å². The van der Waals surface area contributed by atoms with Crippen LogP contribution >= 0.6 is 0 Å². The minimum Gasteiger partial charge on any atom is -0.308 e. The number of rotatable bonds is 5. The Morgan fingerprint density at radius 3 is 2.52 bits per heavy atom. The maximum atomic E-state index is 12.4. The Morgan fingerprint density at radius 1 is 1.29 bits per heavy atom. The van der Waals surface area contributed by atoms with Gasteiger partial charge in [-0.25, -0.2) is 0 Å². The van der Waals surface area contributed by atoms with Gasteiger partial charge in [0.25, 0.3) is 0 Å². The molecule has 2 atom stereocenters. The summed E-state index contributed by atoms with van der Waals surface area (Å²) in [6, 6.07) is 0.384. The van der Waals surface area contributed by atoms with Gasteiger partial charge in [0.1, 0.15) is 0 Å². The molecule has 0 aromatic rings. The molecule has 0 radical (unpaired) electrons. The van der Waals surface area contributed by atoms with Gasteiger partial charge in [0.05, 0.1) is 0 Å². The third-order valence-corrected chi connectivity index (χ3v) is 5.43. The van der Waals surface area contributed by atoms with Gasteiger partial charge in [-0.2, -0.15) is 13.2 Å². The molecule has 1 heterocycles. The molecular weight excluding hydrogens is 277 g/mol. The molecule has 0 aromatic heterocycles.